The van der Waals surface area contributed by atoms with Crippen LogP contribution in [0.15, 0.2) is 54.6 Å². The first-order chi connectivity index (χ1) is 9.74. The van der Waals surface area contributed by atoms with Crippen molar-refractivity contribution in [1.29, 1.82) is 0 Å². The van der Waals surface area contributed by atoms with Gasteiger partial charge in [0.25, 0.3) is 0 Å². The van der Waals surface area contributed by atoms with Crippen LogP contribution in [0.5, 0.6) is 0 Å². The molecule has 0 radical (unpaired) electrons. The summed E-state index contributed by atoms with van der Waals surface area (Å²) in [5.41, 5.74) is 9.00. The number of nitrogens with zero attached hydrogens (tertiary/aromatic N) is 2. The first-order valence-electron chi connectivity index (χ1n) is 6.50. The second-order valence-corrected chi connectivity index (χ2v) is 5.26. The Morgan fingerprint density at radius 1 is 1.05 bits per heavy atom. The molecule has 0 amide bonds. The van der Waals surface area contributed by atoms with Crippen LogP contribution in [0.1, 0.15) is 11.4 Å². The molecule has 0 saturated heterocycles. The molecule has 1 heterocycles. The molecule has 2 aromatic carbocycles. The number of hydrogen-bond donors (Lipinski definition) is 1. The normalized spacial score (nSPS) is 10.8. The van der Waals surface area contributed by atoms with E-state index in [4.69, 9.17) is 22.9 Å². The lowest BCUT2D eigenvalue weighted by atomic mass is 10.1. The summed E-state index contributed by atoms with van der Waals surface area (Å²) in [4.78, 5) is 5.18. The highest BCUT2D eigenvalue weighted by atomic mass is 32.1. The Morgan fingerprint density at radius 3 is 2.50 bits per heavy atom. The molecule has 0 atom stereocenters. The van der Waals surface area contributed by atoms with Crippen molar-refractivity contribution in [2.75, 3.05) is 0 Å². The number of aromatic nitrogens is 2. The van der Waals surface area contributed by atoms with E-state index in [9.17, 15) is 0 Å². The van der Waals surface area contributed by atoms with Crippen molar-refractivity contribution in [1.82, 2.24) is 9.55 Å². The Balaban J connectivity index is 2.07. The zero-order valence-corrected chi connectivity index (χ0v) is 11.8. The summed E-state index contributed by atoms with van der Waals surface area (Å²) in [5, 5.41) is 0. The summed E-state index contributed by atoms with van der Waals surface area (Å²) in [6, 6.07) is 18.4. The Labute approximate surface area is 123 Å². The van der Waals surface area contributed by atoms with Crippen LogP contribution in [0.3, 0.4) is 0 Å². The standard InChI is InChI=1S/C16H15N3S/c17-15(20)11-19-14-9-5-4-8-13(14)18-16(19)10-12-6-2-1-3-7-12/h1-9H,10-11H2,(H2,17,20). The summed E-state index contributed by atoms with van der Waals surface area (Å²) >= 11 is 5.06. The summed E-state index contributed by atoms with van der Waals surface area (Å²) in [7, 11) is 0. The second-order valence-electron chi connectivity index (χ2n) is 4.73. The lowest BCUT2D eigenvalue weighted by Gasteiger charge is -2.08. The fourth-order valence-corrected chi connectivity index (χ4v) is 2.50. The van der Waals surface area contributed by atoms with E-state index in [-0.39, 0.29) is 0 Å². The van der Waals surface area contributed by atoms with E-state index in [1.54, 1.807) is 0 Å². The smallest absolute Gasteiger partial charge is 0.114 e. The van der Waals surface area contributed by atoms with Crippen LogP contribution >= 0.6 is 12.2 Å². The SMILES string of the molecule is NC(=S)Cn1c(Cc2ccccc2)nc2ccccc21. The predicted octanol–water partition coefficient (Wildman–Crippen LogP) is 2.91. The second kappa shape index (κ2) is 5.43. The average molecular weight is 281 g/mol. The molecule has 0 fully saturated rings. The van der Waals surface area contributed by atoms with E-state index in [0.29, 0.717) is 11.5 Å². The van der Waals surface area contributed by atoms with Crippen LogP contribution in [0.4, 0.5) is 0 Å². The van der Waals surface area contributed by atoms with Crippen molar-refractivity contribution in [3.63, 3.8) is 0 Å². The van der Waals surface area contributed by atoms with Gasteiger partial charge in [0.05, 0.1) is 22.6 Å². The molecule has 2 N–H and O–H groups in total. The molecule has 1 aromatic heterocycles. The summed E-state index contributed by atoms with van der Waals surface area (Å²) in [6.45, 7) is 0.526. The fraction of sp³-hybridized carbons (Fsp3) is 0.125. The van der Waals surface area contributed by atoms with Gasteiger partial charge in [0, 0.05) is 6.42 Å². The molecule has 0 unspecified atom stereocenters. The average Bonchev–Trinajstić information content (AvgIpc) is 2.78. The Hall–Kier alpha value is -2.20. The summed E-state index contributed by atoms with van der Waals surface area (Å²) < 4.78 is 2.10. The van der Waals surface area contributed by atoms with Crippen molar-refractivity contribution in [3.05, 3.63) is 66.0 Å². The van der Waals surface area contributed by atoms with Crippen LogP contribution in [0.2, 0.25) is 0 Å². The Kier molecular flexibility index (Phi) is 3.48. The highest BCUT2D eigenvalue weighted by molar-refractivity contribution is 7.80. The monoisotopic (exact) mass is 281 g/mol. The van der Waals surface area contributed by atoms with Crippen molar-refractivity contribution in [3.8, 4) is 0 Å². The van der Waals surface area contributed by atoms with E-state index >= 15 is 0 Å². The van der Waals surface area contributed by atoms with E-state index in [1.165, 1.54) is 5.56 Å². The lowest BCUT2D eigenvalue weighted by Crippen LogP contribution is -2.18. The third-order valence-corrected chi connectivity index (χ3v) is 3.38. The lowest BCUT2D eigenvalue weighted by molar-refractivity contribution is 0.804. The van der Waals surface area contributed by atoms with E-state index in [1.807, 2.05) is 36.4 Å². The number of hydrogen-bond acceptors (Lipinski definition) is 2. The minimum absolute atomic E-state index is 0.475. The van der Waals surface area contributed by atoms with Gasteiger partial charge >= 0.3 is 0 Å². The van der Waals surface area contributed by atoms with E-state index < -0.39 is 0 Å². The Bertz CT molecular complexity index is 747. The number of nitrogens with two attached hydrogens (primary N) is 1. The maximum absolute atomic E-state index is 5.72. The molecule has 3 aromatic rings. The molecular weight excluding hydrogens is 266 g/mol. The molecule has 0 bridgehead atoms. The minimum atomic E-state index is 0.475. The summed E-state index contributed by atoms with van der Waals surface area (Å²) in [5.74, 6) is 0.991. The molecule has 3 rings (SSSR count). The van der Waals surface area contributed by atoms with Gasteiger partial charge in [0.1, 0.15) is 5.82 Å². The van der Waals surface area contributed by atoms with Crippen LogP contribution in [0.25, 0.3) is 11.0 Å². The van der Waals surface area contributed by atoms with Gasteiger partial charge in [-0.15, -0.1) is 0 Å². The molecule has 0 aliphatic heterocycles. The summed E-state index contributed by atoms with van der Waals surface area (Å²) in [6.07, 6.45) is 0.776. The molecule has 4 heteroatoms. The molecular formula is C16H15N3S. The third-order valence-electron chi connectivity index (χ3n) is 3.25. The minimum Gasteiger partial charge on any atom is -0.392 e. The van der Waals surface area contributed by atoms with Crippen LogP contribution in [0, 0.1) is 0 Å². The molecule has 0 aliphatic rings. The van der Waals surface area contributed by atoms with Gasteiger partial charge in [0.2, 0.25) is 0 Å². The van der Waals surface area contributed by atoms with E-state index in [0.717, 1.165) is 23.3 Å². The number of imidazole rings is 1. The largest absolute Gasteiger partial charge is 0.392 e. The highest BCUT2D eigenvalue weighted by Crippen LogP contribution is 2.18. The molecule has 0 spiro atoms. The molecule has 20 heavy (non-hydrogen) atoms. The van der Waals surface area contributed by atoms with Gasteiger partial charge in [-0.2, -0.15) is 0 Å². The topological polar surface area (TPSA) is 43.8 Å². The fourth-order valence-electron chi connectivity index (χ4n) is 2.37. The van der Waals surface area contributed by atoms with Gasteiger partial charge in [0.15, 0.2) is 0 Å². The number of para-hydroxylation sites is 2. The van der Waals surface area contributed by atoms with Gasteiger partial charge in [-0.05, 0) is 17.7 Å². The van der Waals surface area contributed by atoms with Crippen LogP contribution < -0.4 is 5.73 Å². The Morgan fingerprint density at radius 2 is 1.75 bits per heavy atom. The quantitative estimate of drug-likeness (QED) is 0.748. The highest BCUT2D eigenvalue weighted by Gasteiger charge is 2.11. The zero-order valence-electron chi connectivity index (χ0n) is 11.0. The van der Waals surface area contributed by atoms with Gasteiger partial charge in [-0.1, -0.05) is 54.7 Å². The molecule has 3 nitrogen and oxygen atoms in total. The van der Waals surface area contributed by atoms with Crippen LogP contribution in [-0.2, 0) is 13.0 Å². The number of benzene rings is 2. The zero-order chi connectivity index (χ0) is 13.9. The first-order valence-corrected chi connectivity index (χ1v) is 6.91. The van der Waals surface area contributed by atoms with Crippen molar-refractivity contribution in [2.24, 2.45) is 5.73 Å². The van der Waals surface area contributed by atoms with Gasteiger partial charge in [-0.25, -0.2) is 4.98 Å². The first kappa shape index (κ1) is 12.8. The molecule has 100 valence electrons. The molecule has 0 saturated carbocycles. The van der Waals surface area contributed by atoms with Gasteiger partial charge in [-0.3, -0.25) is 0 Å². The number of fused-ring (bicyclic) bond motifs is 1. The third kappa shape index (κ3) is 2.56. The van der Waals surface area contributed by atoms with Crippen molar-refractivity contribution < 1.29 is 0 Å². The number of thiocarbonyl (C=S) groups is 1. The van der Waals surface area contributed by atoms with E-state index in [2.05, 4.69) is 22.8 Å². The maximum Gasteiger partial charge on any atom is 0.114 e. The molecule has 0 aliphatic carbocycles. The predicted molar refractivity (Wildman–Crippen MR) is 85.8 cm³/mol. The van der Waals surface area contributed by atoms with Crippen molar-refractivity contribution in [2.45, 2.75) is 13.0 Å². The number of rotatable bonds is 4. The van der Waals surface area contributed by atoms with Crippen LogP contribution in [-0.4, -0.2) is 14.5 Å². The maximum atomic E-state index is 5.72. The van der Waals surface area contributed by atoms with Crippen molar-refractivity contribution >= 4 is 28.2 Å². The van der Waals surface area contributed by atoms with Gasteiger partial charge < -0.3 is 10.3 Å².